The molecule has 162 valence electrons. The molecule has 1 saturated heterocycles. The number of halogens is 2. The number of nitrogens with one attached hydrogen (secondary N) is 1. The highest BCUT2D eigenvalue weighted by molar-refractivity contribution is 8.00. The zero-order chi connectivity index (χ0) is 21.7. The Labute approximate surface area is 178 Å². The molecule has 1 fully saturated rings. The minimum absolute atomic E-state index is 0.0114. The summed E-state index contributed by atoms with van der Waals surface area (Å²) >= 11 is 1.04. The number of carbonyl (C=O) groups is 1. The van der Waals surface area contributed by atoms with Crippen LogP contribution in [0.1, 0.15) is 19.8 Å². The fourth-order valence-corrected chi connectivity index (χ4v) is 5.44. The second-order valence-corrected chi connectivity index (χ2v) is 9.57. The maximum Gasteiger partial charge on any atom is 0.246 e. The van der Waals surface area contributed by atoms with Crippen molar-refractivity contribution in [3.63, 3.8) is 0 Å². The van der Waals surface area contributed by atoms with Gasteiger partial charge in [-0.05, 0) is 56.2 Å². The van der Waals surface area contributed by atoms with Crippen LogP contribution in [0.5, 0.6) is 5.75 Å². The van der Waals surface area contributed by atoms with E-state index in [9.17, 15) is 22.0 Å². The summed E-state index contributed by atoms with van der Waals surface area (Å²) in [5, 5.41) is 2.64. The second-order valence-electron chi connectivity index (χ2n) is 6.62. The summed E-state index contributed by atoms with van der Waals surface area (Å²) in [6.07, 6.45) is 1.61. The van der Waals surface area contributed by atoms with E-state index in [1.165, 1.54) is 22.5 Å². The summed E-state index contributed by atoms with van der Waals surface area (Å²) < 4.78 is 59.2. The van der Waals surface area contributed by atoms with E-state index in [4.69, 9.17) is 4.74 Å². The van der Waals surface area contributed by atoms with Crippen molar-refractivity contribution in [1.29, 1.82) is 0 Å². The van der Waals surface area contributed by atoms with E-state index < -0.39 is 27.6 Å². The lowest BCUT2D eigenvalue weighted by Gasteiger charge is -2.19. The molecule has 30 heavy (non-hydrogen) atoms. The number of hydrogen-bond donors (Lipinski definition) is 1. The Kier molecular flexibility index (Phi) is 7.32. The molecule has 1 heterocycles. The standard InChI is InChI=1S/C20H22F2N2O4S2/c1-2-28-18-8-5-14(11-19(18)30(26,27)24-9-3-4-10-24)23-20(25)13-29-15-6-7-16(21)17(22)12-15/h5-8,11-12H,2-4,9-10,13H2,1H3,(H,23,25). The molecule has 0 unspecified atom stereocenters. The molecular formula is C20H22F2N2O4S2. The van der Waals surface area contributed by atoms with Crippen LogP contribution in [-0.4, -0.2) is 44.1 Å². The van der Waals surface area contributed by atoms with Gasteiger partial charge in [0.05, 0.1) is 12.4 Å². The minimum Gasteiger partial charge on any atom is -0.492 e. The van der Waals surface area contributed by atoms with E-state index in [2.05, 4.69) is 5.32 Å². The Balaban J connectivity index is 1.74. The van der Waals surface area contributed by atoms with Crippen LogP contribution in [0.3, 0.4) is 0 Å². The average Bonchev–Trinajstić information content (AvgIpc) is 3.26. The van der Waals surface area contributed by atoms with E-state index in [0.29, 0.717) is 30.3 Å². The maximum atomic E-state index is 13.3. The lowest BCUT2D eigenvalue weighted by atomic mass is 10.3. The predicted octanol–water partition coefficient (Wildman–Crippen LogP) is 3.88. The van der Waals surface area contributed by atoms with Gasteiger partial charge in [-0.2, -0.15) is 4.31 Å². The van der Waals surface area contributed by atoms with Crippen molar-refractivity contribution in [3.05, 3.63) is 48.0 Å². The van der Waals surface area contributed by atoms with Crippen molar-refractivity contribution in [1.82, 2.24) is 4.31 Å². The fraction of sp³-hybridized carbons (Fsp3) is 0.350. The highest BCUT2D eigenvalue weighted by atomic mass is 32.2. The number of thioether (sulfide) groups is 1. The van der Waals surface area contributed by atoms with Crippen LogP contribution in [0.25, 0.3) is 0 Å². The average molecular weight is 457 g/mol. The SMILES string of the molecule is CCOc1ccc(NC(=O)CSc2ccc(F)c(F)c2)cc1S(=O)(=O)N1CCCC1. The van der Waals surface area contributed by atoms with Gasteiger partial charge in [0.2, 0.25) is 15.9 Å². The lowest BCUT2D eigenvalue weighted by Crippen LogP contribution is -2.28. The van der Waals surface area contributed by atoms with Gasteiger partial charge < -0.3 is 10.1 Å². The molecule has 1 amide bonds. The Morgan fingerprint density at radius 2 is 1.87 bits per heavy atom. The molecule has 2 aromatic carbocycles. The summed E-state index contributed by atoms with van der Waals surface area (Å²) in [4.78, 5) is 12.7. The number of rotatable bonds is 8. The molecule has 0 radical (unpaired) electrons. The van der Waals surface area contributed by atoms with Crippen LogP contribution in [0.4, 0.5) is 14.5 Å². The molecule has 2 aromatic rings. The highest BCUT2D eigenvalue weighted by Gasteiger charge is 2.30. The summed E-state index contributed by atoms with van der Waals surface area (Å²) in [5.74, 6) is -2.16. The molecule has 0 bridgehead atoms. The largest absolute Gasteiger partial charge is 0.492 e. The van der Waals surface area contributed by atoms with Gasteiger partial charge in [-0.15, -0.1) is 11.8 Å². The molecular weight excluding hydrogens is 434 g/mol. The van der Waals surface area contributed by atoms with Gasteiger partial charge in [-0.3, -0.25) is 4.79 Å². The number of hydrogen-bond acceptors (Lipinski definition) is 5. The number of amides is 1. The molecule has 1 aliphatic heterocycles. The fourth-order valence-electron chi connectivity index (χ4n) is 3.04. The Hall–Kier alpha value is -2.17. The van der Waals surface area contributed by atoms with Gasteiger partial charge in [0.25, 0.3) is 0 Å². The lowest BCUT2D eigenvalue weighted by molar-refractivity contribution is -0.113. The normalized spacial score (nSPS) is 14.6. The van der Waals surface area contributed by atoms with Crippen LogP contribution < -0.4 is 10.1 Å². The van der Waals surface area contributed by atoms with Gasteiger partial charge >= 0.3 is 0 Å². The number of anilines is 1. The third-order valence-corrected chi connectivity index (χ3v) is 7.38. The molecule has 0 atom stereocenters. The zero-order valence-electron chi connectivity index (χ0n) is 16.4. The number of nitrogens with zero attached hydrogens (tertiary/aromatic N) is 1. The summed E-state index contributed by atoms with van der Waals surface area (Å²) in [6, 6.07) is 7.87. The molecule has 0 aromatic heterocycles. The van der Waals surface area contributed by atoms with Gasteiger partial charge in [-0.1, -0.05) is 0 Å². The number of benzene rings is 2. The predicted molar refractivity (Wildman–Crippen MR) is 111 cm³/mol. The monoisotopic (exact) mass is 456 g/mol. The molecule has 6 nitrogen and oxygen atoms in total. The van der Waals surface area contributed by atoms with Gasteiger partial charge in [0.15, 0.2) is 11.6 Å². The summed E-state index contributed by atoms with van der Waals surface area (Å²) in [7, 11) is -3.74. The van der Waals surface area contributed by atoms with Crippen molar-refractivity contribution in [2.75, 3.05) is 30.8 Å². The van der Waals surface area contributed by atoms with Crippen LogP contribution in [-0.2, 0) is 14.8 Å². The van der Waals surface area contributed by atoms with Crippen molar-refractivity contribution >= 4 is 33.4 Å². The van der Waals surface area contributed by atoms with Crippen molar-refractivity contribution < 1.29 is 26.7 Å². The molecule has 0 saturated carbocycles. The van der Waals surface area contributed by atoms with Crippen LogP contribution in [0.15, 0.2) is 46.2 Å². The molecule has 0 aliphatic carbocycles. The second kappa shape index (κ2) is 9.76. The summed E-state index contributed by atoms with van der Waals surface area (Å²) in [6.45, 7) is 2.97. The minimum atomic E-state index is -3.74. The van der Waals surface area contributed by atoms with Crippen LogP contribution >= 0.6 is 11.8 Å². The van der Waals surface area contributed by atoms with E-state index >= 15 is 0 Å². The third kappa shape index (κ3) is 5.30. The Morgan fingerprint density at radius 1 is 1.13 bits per heavy atom. The molecule has 10 heteroatoms. The molecule has 3 rings (SSSR count). The van der Waals surface area contributed by atoms with Gasteiger partial charge in [0.1, 0.15) is 10.6 Å². The first-order chi connectivity index (χ1) is 14.3. The number of ether oxygens (including phenoxy) is 1. The third-order valence-electron chi connectivity index (χ3n) is 4.47. The van der Waals surface area contributed by atoms with E-state index in [1.54, 1.807) is 13.0 Å². The van der Waals surface area contributed by atoms with Gasteiger partial charge in [0, 0.05) is 23.7 Å². The smallest absolute Gasteiger partial charge is 0.246 e. The van der Waals surface area contributed by atoms with Crippen LogP contribution in [0.2, 0.25) is 0 Å². The van der Waals surface area contributed by atoms with Crippen molar-refractivity contribution in [2.45, 2.75) is 29.6 Å². The summed E-state index contributed by atoms with van der Waals surface area (Å²) in [5.41, 5.74) is 0.312. The topological polar surface area (TPSA) is 75.7 Å². The van der Waals surface area contributed by atoms with E-state index in [-0.39, 0.29) is 16.4 Å². The van der Waals surface area contributed by atoms with Crippen molar-refractivity contribution in [2.24, 2.45) is 0 Å². The molecule has 1 aliphatic rings. The van der Waals surface area contributed by atoms with Crippen molar-refractivity contribution in [3.8, 4) is 5.75 Å². The maximum absolute atomic E-state index is 13.3. The quantitative estimate of drug-likeness (QED) is 0.610. The first-order valence-electron chi connectivity index (χ1n) is 9.46. The van der Waals surface area contributed by atoms with E-state index in [1.807, 2.05) is 0 Å². The molecule has 1 N–H and O–H groups in total. The number of sulfonamides is 1. The highest BCUT2D eigenvalue weighted by Crippen LogP contribution is 2.32. The van der Waals surface area contributed by atoms with E-state index in [0.717, 1.165) is 36.7 Å². The first kappa shape index (κ1) is 22.5. The Morgan fingerprint density at radius 3 is 2.53 bits per heavy atom. The number of carbonyl (C=O) groups excluding carboxylic acids is 1. The Bertz CT molecular complexity index is 1030. The van der Waals surface area contributed by atoms with Gasteiger partial charge in [-0.25, -0.2) is 17.2 Å². The zero-order valence-corrected chi connectivity index (χ0v) is 18.0. The first-order valence-corrected chi connectivity index (χ1v) is 11.9. The van der Waals surface area contributed by atoms with Crippen LogP contribution in [0, 0.1) is 11.6 Å². The molecule has 0 spiro atoms.